The summed E-state index contributed by atoms with van der Waals surface area (Å²) in [4.78, 5) is 11.5. The van der Waals surface area contributed by atoms with Crippen molar-refractivity contribution in [3.8, 4) is 11.3 Å². The van der Waals surface area contributed by atoms with Gasteiger partial charge in [-0.3, -0.25) is 4.79 Å². The van der Waals surface area contributed by atoms with E-state index in [1.165, 1.54) is 33.3 Å². The third-order valence-electron chi connectivity index (χ3n) is 5.34. The van der Waals surface area contributed by atoms with Crippen LogP contribution < -0.4 is 0 Å². The molecular formula is C26H31NO. The molecule has 0 radical (unpaired) electrons. The van der Waals surface area contributed by atoms with Gasteiger partial charge in [-0.15, -0.1) is 0 Å². The lowest BCUT2D eigenvalue weighted by Gasteiger charge is -2.09. The third kappa shape index (κ3) is 5.01. The van der Waals surface area contributed by atoms with Crippen LogP contribution in [-0.4, -0.2) is 10.4 Å². The highest BCUT2D eigenvalue weighted by Gasteiger charge is 2.08. The molecule has 0 aliphatic heterocycles. The van der Waals surface area contributed by atoms with E-state index in [-0.39, 0.29) is 5.78 Å². The number of para-hydroxylation sites is 1. The lowest BCUT2D eigenvalue weighted by Crippen LogP contribution is -1.96. The van der Waals surface area contributed by atoms with Gasteiger partial charge in [0.05, 0.1) is 0 Å². The van der Waals surface area contributed by atoms with Crippen molar-refractivity contribution >= 4 is 16.7 Å². The van der Waals surface area contributed by atoms with Gasteiger partial charge in [0.2, 0.25) is 0 Å². The van der Waals surface area contributed by atoms with E-state index in [1.807, 2.05) is 0 Å². The standard InChI is InChI=1S/C26H31NO/c1-4-5-10-21(17-20(2)28)11-8-12-22-13-9-15-23(18-22)26-19-24-14-6-7-16-25(24)27(26)3/h6-7,9-10,13-16,18-19H,4-5,8,11-12,17H2,1-3H3. The molecule has 0 saturated carbocycles. The Morgan fingerprint density at radius 3 is 2.64 bits per heavy atom. The van der Waals surface area contributed by atoms with Crippen LogP contribution in [0.1, 0.15) is 51.5 Å². The number of fused-ring (bicyclic) bond motifs is 1. The number of benzene rings is 2. The molecule has 0 amide bonds. The van der Waals surface area contributed by atoms with E-state index in [0.717, 1.165) is 32.1 Å². The summed E-state index contributed by atoms with van der Waals surface area (Å²) in [5, 5.41) is 1.28. The molecule has 1 heterocycles. The second-order valence-electron chi connectivity index (χ2n) is 7.73. The Morgan fingerprint density at radius 1 is 1.07 bits per heavy atom. The molecule has 3 rings (SSSR count). The van der Waals surface area contributed by atoms with Crippen molar-refractivity contribution in [3.63, 3.8) is 0 Å². The van der Waals surface area contributed by atoms with E-state index >= 15 is 0 Å². The number of hydrogen-bond acceptors (Lipinski definition) is 1. The van der Waals surface area contributed by atoms with E-state index in [0.29, 0.717) is 6.42 Å². The van der Waals surface area contributed by atoms with Gasteiger partial charge in [-0.05, 0) is 61.9 Å². The van der Waals surface area contributed by atoms with Gasteiger partial charge in [-0.25, -0.2) is 0 Å². The molecule has 2 nitrogen and oxygen atoms in total. The smallest absolute Gasteiger partial charge is 0.133 e. The average molecular weight is 374 g/mol. The molecule has 0 N–H and O–H groups in total. The Bertz CT molecular complexity index is 977. The molecule has 146 valence electrons. The van der Waals surface area contributed by atoms with Gasteiger partial charge in [0, 0.05) is 30.1 Å². The summed E-state index contributed by atoms with van der Waals surface area (Å²) in [6.45, 7) is 3.87. The molecule has 1 aromatic heterocycles. The lowest BCUT2D eigenvalue weighted by molar-refractivity contribution is -0.116. The maximum atomic E-state index is 11.5. The summed E-state index contributed by atoms with van der Waals surface area (Å²) in [5.74, 6) is 0.264. The maximum Gasteiger partial charge on any atom is 0.133 e. The van der Waals surface area contributed by atoms with Gasteiger partial charge in [-0.2, -0.15) is 0 Å². The zero-order valence-corrected chi connectivity index (χ0v) is 17.4. The number of rotatable bonds is 9. The maximum absolute atomic E-state index is 11.5. The van der Waals surface area contributed by atoms with Crippen molar-refractivity contribution in [2.24, 2.45) is 7.05 Å². The zero-order valence-electron chi connectivity index (χ0n) is 17.4. The van der Waals surface area contributed by atoms with E-state index in [9.17, 15) is 4.79 Å². The first-order valence-corrected chi connectivity index (χ1v) is 10.4. The van der Waals surface area contributed by atoms with Crippen LogP contribution in [0.2, 0.25) is 0 Å². The first-order chi connectivity index (χ1) is 13.6. The molecule has 0 unspecified atom stereocenters. The molecular weight excluding hydrogens is 342 g/mol. The lowest BCUT2D eigenvalue weighted by atomic mass is 9.98. The van der Waals surface area contributed by atoms with Crippen LogP contribution in [0.15, 0.2) is 66.2 Å². The van der Waals surface area contributed by atoms with Crippen molar-refractivity contribution in [2.45, 2.75) is 52.4 Å². The van der Waals surface area contributed by atoms with Gasteiger partial charge in [0.15, 0.2) is 0 Å². The zero-order chi connectivity index (χ0) is 19.9. The fraction of sp³-hybridized carbons (Fsp3) is 0.346. The predicted octanol–water partition coefficient (Wildman–Crippen LogP) is 6.87. The van der Waals surface area contributed by atoms with Gasteiger partial charge >= 0.3 is 0 Å². The number of ketones is 1. The molecule has 0 aliphatic carbocycles. The van der Waals surface area contributed by atoms with Crippen LogP contribution >= 0.6 is 0 Å². The molecule has 0 fully saturated rings. The first kappa shape index (κ1) is 20.1. The summed E-state index contributed by atoms with van der Waals surface area (Å²) in [6, 6.07) is 19.7. The molecule has 0 aliphatic rings. The monoisotopic (exact) mass is 373 g/mol. The Hall–Kier alpha value is -2.61. The predicted molar refractivity (Wildman–Crippen MR) is 120 cm³/mol. The number of aryl methyl sites for hydroxylation is 2. The summed E-state index contributed by atoms with van der Waals surface area (Å²) in [7, 11) is 2.14. The second-order valence-corrected chi connectivity index (χ2v) is 7.73. The van der Waals surface area contributed by atoms with Crippen molar-refractivity contribution in [3.05, 3.63) is 71.8 Å². The van der Waals surface area contributed by atoms with Crippen LogP contribution in [0.25, 0.3) is 22.2 Å². The fourth-order valence-electron chi connectivity index (χ4n) is 3.90. The minimum Gasteiger partial charge on any atom is -0.344 e. The first-order valence-electron chi connectivity index (χ1n) is 10.4. The molecule has 28 heavy (non-hydrogen) atoms. The van der Waals surface area contributed by atoms with E-state index < -0.39 is 0 Å². The highest BCUT2D eigenvalue weighted by Crippen LogP contribution is 2.28. The number of carbonyl (C=O) groups is 1. The van der Waals surface area contributed by atoms with E-state index in [4.69, 9.17) is 0 Å². The Morgan fingerprint density at radius 2 is 1.89 bits per heavy atom. The fourth-order valence-corrected chi connectivity index (χ4v) is 3.90. The third-order valence-corrected chi connectivity index (χ3v) is 5.34. The number of carbonyl (C=O) groups excluding carboxylic acids is 1. The highest BCUT2D eigenvalue weighted by atomic mass is 16.1. The summed E-state index contributed by atoms with van der Waals surface area (Å²) < 4.78 is 2.27. The SMILES string of the molecule is CCCC=C(CCCc1cccc(-c2cc3ccccc3n2C)c1)CC(C)=O. The molecule has 0 spiro atoms. The molecule has 2 aromatic carbocycles. The minimum atomic E-state index is 0.264. The number of unbranched alkanes of at least 4 members (excludes halogenated alkanes) is 1. The van der Waals surface area contributed by atoms with Crippen LogP contribution in [0.3, 0.4) is 0 Å². The number of aromatic nitrogens is 1. The largest absolute Gasteiger partial charge is 0.344 e. The van der Waals surface area contributed by atoms with Crippen LogP contribution in [0, 0.1) is 0 Å². The van der Waals surface area contributed by atoms with Crippen LogP contribution in [-0.2, 0) is 18.3 Å². The highest BCUT2D eigenvalue weighted by molar-refractivity contribution is 5.87. The number of allylic oxidation sites excluding steroid dienone is 2. The Labute approximate surface area is 168 Å². The Balaban J connectivity index is 1.71. The van der Waals surface area contributed by atoms with Gasteiger partial charge in [0.25, 0.3) is 0 Å². The molecule has 0 bridgehead atoms. The molecule has 3 aromatic rings. The van der Waals surface area contributed by atoms with Crippen molar-refractivity contribution < 1.29 is 4.79 Å². The quantitative estimate of drug-likeness (QED) is 0.375. The minimum absolute atomic E-state index is 0.264. The van der Waals surface area contributed by atoms with Crippen LogP contribution in [0.4, 0.5) is 0 Å². The number of hydrogen-bond donors (Lipinski definition) is 0. The topological polar surface area (TPSA) is 22.0 Å². The normalized spacial score (nSPS) is 11.9. The van der Waals surface area contributed by atoms with Gasteiger partial charge < -0.3 is 4.57 Å². The van der Waals surface area contributed by atoms with Gasteiger partial charge in [-0.1, -0.05) is 61.4 Å². The van der Waals surface area contributed by atoms with E-state index in [1.54, 1.807) is 6.92 Å². The summed E-state index contributed by atoms with van der Waals surface area (Å²) >= 11 is 0. The van der Waals surface area contributed by atoms with Crippen molar-refractivity contribution in [1.29, 1.82) is 0 Å². The summed E-state index contributed by atoms with van der Waals surface area (Å²) in [6.07, 6.45) is 8.22. The summed E-state index contributed by atoms with van der Waals surface area (Å²) in [5.41, 5.74) is 6.45. The van der Waals surface area contributed by atoms with Crippen molar-refractivity contribution in [1.82, 2.24) is 4.57 Å². The molecule has 2 heteroatoms. The molecule has 0 atom stereocenters. The van der Waals surface area contributed by atoms with Gasteiger partial charge in [0.1, 0.15) is 5.78 Å². The number of nitrogens with zero attached hydrogens (tertiary/aromatic N) is 1. The van der Waals surface area contributed by atoms with E-state index in [2.05, 4.69) is 79.2 Å². The van der Waals surface area contributed by atoms with Crippen molar-refractivity contribution in [2.75, 3.05) is 0 Å². The molecule has 0 saturated heterocycles. The average Bonchev–Trinajstić information content (AvgIpc) is 3.03. The second kappa shape index (κ2) is 9.54. The Kier molecular flexibility index (Phi) is 6.86. The number of Topliss-reactive ketones (excluding diaryl/α,β-unsaturated/α-hetero) is 1. The van der Waals surface area contributed by atoms with Crippen LogP contribution in [0.5, 0.6) is 0 Å².